The molecular weight excluding hydrogens is 250 g/mol. The highest BCUT2D eigenvalue weighted by molar-refractivity contribution is 7.85. The molecule has 0 aliphatic carbocycles. The molecule has 0 atom stereocenters. The van der Waals surface area contributed by atoms with Gasteiger partial charge in [-0.05, 0) is 35.7 Å². The highest BCUT2D eigenvalue weighted by Gasteiger charge is 2.15. The quantitative estimate of drug-likeness (QED) is 0.656. The van der Waals surface area contributed by atoms with Crippen LogP contribution < -0.4 is 5.73 Å². The van der Waals surface area contributed by atoms with Crippen molar-refractivity contribution in [2.45, 2.75) is 11.3 Å². The Morgan fingerprint density at radius 2 is 1.72 bits per heavy atom. The van der Waals surface area contributed by atoms with E-state index in [4.69, 9.17) is 5.73 Å². The molecule has 94 valence electrons. The second kappa shape index (κ2) is 4.80. The van der Waals surface area contributed by atoms with Gasteiger partial charge in [-0.15, -0.1) is 0 Å². The maximum atomic E-state index is 11.3. The molecule has 0 radical (unpaired) electrons. The average molecular weight is 263 g/mol. The number of nitrogen functional groups attached to an aromatic ring is 1. The smallest absolute Gasteiger partial charge is 0.294 e. The lowest BCUT2D eigenvalue weighted by atomic mass is 10.0. The predicted octanol–water partition coefficient (Wildman–Crippen LogP) is 2.11. The fourth-order valence-electron chi connectivity index (χ4n) is 1.80. The Balaban J connectivity index is 2.47. The molecule has 0 aliphatic heterocycles. The van der Waals surface area contributed by atoms with Gasteiger partial charge in [-0.3, -0.25) is 4.55 Å². The van der Waals surface area contributed by atoms with Crippen molar-refractivity contribution < 1.29 is 13.0 Å². The van der Waals surface area contributed by atoms with Gasteiger partial charge in [0, 0.05) is 5.69 Å². The van der Waals surface area contributed by atoms with Crippen LogP contribution in [-0.2, 0) is 16.5 Å². The van der Waals surface area contributed by atoms with E-state index in [1.165, 1.54) is 12.1 Å². The van der Waals surface area contributed by atoms with Crippen LogP contribution in [0.3, 0.4) is 0 Å². The first-order valence-corrected chi connectivity index (χ1v) is 6.80. The van der Waals surface area contributed by atoms with E-state index in [0.29, 0.717) is 17.7 Å². The Morgan fingerprint density at radius 3 is 2.33 bits per heavy atom. The van der Waals surface area contributed by atoms with E-state index >= 15 is 0 Å². The lowest BCUT2D eigenvalue weighted by Gasteiger charge is -2.08. The molecule has 2 aromatic carbocycles. The first-order chi connectivity index (χ1) is 8.47. The molecule has 2 aromatic rings. The van der Waals surface area contributed by atoms with Gasteiger partial charge in [-0.25, -0.2) is 0 Å². The fourth-order valence-corrected chi connectivity index (χ4v) is 2.51. The van der Waals surface area contributed by atoms with Gasteiger partial charge < -0.3 is 5.73 Å². The lowest BCUT2D eigenvalue weighted by molar-refractivity contribution is 0.482. The molecule has 0 aromatic heterocycles. The van der Waals surface area contributed by atoms with Gasteiger partial charge in [-0.2, -0.15) is 8.42 Å². The topological polar surface area (TPSA) is 80.4 Å². The summed E-state index contributed by atoms with van der Waals surface area (Å²) >= 11 is 0. The van der Waals surface area contributed by atoms with E-state index in [9.17, 15) is 13.0 Å². The molecule has 0 saturated heterocycles. The van der Waals surface area contributed by atoms with Gasteiger partial charge in [0.1, 0.15) is 0 Å². The van der Waals surface area contributed by atoms with Crippen LogP contribution in [0.15, 0.2) is 53.4 Å². The van der Waals surface area contributed by atoms with Gasteiger partial charge in [-0.1, -0.05) is 30.3 Å². The van der Waals surface area contributed by atoms with E-state index in [-0.39, 0.29) is 4.90 Å². The number of nitrogens with two attached hydrogens (primary N) is 1. The van der Waals surface area contributed by atoms with Gasteiger partial charge in [0.25, 0.3) is 10.1 Å². The van der Waals surface area contributed by atoms with E-state index < -0.39 is 10.1 Å². The highest BCUT2D eigenvalue weighted by atomic mass is 32.2. The number of hydrogen-bond acceptors (Lipinski definition) is 3. The third-order valence-electron chi connectivity index (χ3n) is 2.60. The second-order valence-corrected chi connectivity index (χ2v) is 5.39. The van der Waals surface area contributed by atoms with Crippen LogP contribution in [0.4, 0.5) is 5.69 Å². The van der Waals surface area contributed by atoms with E-state index in [2.05, 4.69) is 0 Å². The normalized spacial score (nSPS) is 11.4. The molecule has 0 aliphatic rings. The summed E-state index contributed by atoms with van der Waals surface area (Å²) in [5.41, 5.74) is 7.56. The second-order valence-electron chi connectivity index (χ2n) is 4.00. The van der Waals surface area contributed by atoms with Crippen molar-refractivity contribution in [2.75, 3.05) is 5.73 Å². The van der Waals surface area contributed by atoms with Gasteiger partial charge in [0.2, 0.25) is 0 Å². The zero-order valence-electron chi connectivity index (χ0n) is 9.58. The minimum absolute atomic E-state index is 0.0967. The van der Waals surface area contributed by atoms with Crippen molar-refractivity contribution >= 4 is 15.8 Å². The summed E-state index contributed by atoms with van der Waals surface area (Å²) in [5, 5.41) is 0. The van der Waals surface area contributed by atoms with Crippen molar-refractivity contribution in [3.8, 4) is 0 Å². The molecule has 18 heavy (non-hydrogen) atoms. The van der Waals surface area contributed by atoms with Crippen LogP contribution in [0.5, 0.6) is 0 Å². The molecule has 0 saturated carbocycles. The highest BCUT2D eigenvalue weighted by Crippen LogP contribution is 2.21. The van der Waals surface area contributed by atoms with Crippen LogP contribution in [0, 0.1) is 0 Å². The van der Waals surface area contributed by atoms with E-state index in [0.717, 1.165) is 5.56 Å². The molecule has 0 fully saturated rings. The standard InChI is InChI=1S/C13H13NO3S/c14-12-6-7-13(18(15,16)17)11(9-12)8-10-4-2-1-3-5-10/h1-7,9H,8,14H2,(H,15,16,17). The first-order valence-electron chi connectivity index (χ1n) is 5.36. The third-order valence-corrected chi connectivity index (χ3v) is 3.55. The van der Waals surface area contributed by atoms with Gasteiger partial charge >= 0.3 is 0 Å². The summed E-state index contributed by atoms with van der Waals surface area (Å²) in [4.78, 5) is -0.0967. The molecule has 5 heteroatoms. The largest absolute Gasteiger partial charge is 0.399 e. The molecule has 0 amide bonds. The molecule has 2 rings (SSSR count). The van der Waals surface area contributed by atoms with Gasteiger partial charge in [0.15, 0.2) is 0 Å². The average Bonchev–Trinajstić information content (AvgIpc) is 2.28. The Morgan fingerprint density at radius 1 is 1.06 bits per heavy atom. The summed E-state index contributed by atoms with van der Waals surface area (Å²) in [5.74, 6) is 0. The van der Waals surface area contributed by atoms with Crippen LogP contribution in [0.2, 0.25) is 0 Å². The summed E-state index contributed by atoms with van der Waals surface area (Å²) in [6.45, 7) is 0. The molecule has 0 spiro atoms. The molecular formula is C13H13NO3S. The number of benzene rings is 2. The minimum Gasteiger partial charge on any atom is -0.399 e. The SMILES string of the molecule is Nc1ccc(S(=O)(=O)O)c(Cc2ccccc2)c1. The summed E-state index contributed by atoms with van der Waals surface area (Å²) in [6, 6.07) is 13.7. The predicted molar refractivity (Wildman–Crippen MR) is 69.9 cm³/mol. The molecule has 4 nitrogen and oxygen atoms in total. The van der Waals surface area contributed by atoms with Crippen molar-refractivity contribution in [3.05, 3.63) is 59.7 Å². The molecule has 0 heterocycles. The first kappa shape index (κ1) is 12.6. The maximum absolute atomic E-state index is 11.3. The summed E-state index contributed by atoms with van der Waals surface area (Å²) in [6.07, 6.45) is 0.404. The molecule has 0 unspecified atom stereocenters. The van der Waals surface area contributed by atoms with Crippen molar-refractivity contribution in [1.29, 1.82) is 0 Å². The Kier molecular flexibility index (Phi) is 3.36. The fraction of sp³-hybridized carbons (Fsp3) is 0.0769. The Bertz CT molecular complexity index is 651. The van der Waals surface area contributed by atoms with Crippen LogP contribution >= 0.6 is 0 Å². The van der Waals surface area contributed by atoms with Gasteiger partial charge in [0.05, 0.1) is 4.90 Å². The Labute approximate surface area is 106 Å². The van der Waals surface area contributed by atoms with Crippen LogP contribution in [0.1, 0.15) is 11.1 Å². The van der Waals surface area contributed by atoms with E-state index in [1.54, 1.807) is 6.07 Å². The molecule has 3 N–H and O–H groups in total. The zero-order valence-corrected chi connectivity index (χ0v) is 10.4. The lowest BCUT2D eigenvalue weighted by Crippen LogP contribution is -2.04. The third kappa shape index (κ3) is 2.88. The maximum Gasteiger partial charge on any atom is 0.294 e. The summed E-state index contributed by atoms with van der Waals surface area (Å²) in [7, 11) is -4.23. The number of rotatable bonds is 3. The van der Waals surface area contributed by atoms with Crippen molar-refractivity contribution in [3.63, 3.8) is 0 Å². The zero-order chi connectivity index (χ0) is 13.2. The molecule has 0 bridgehead atoms. The van der Waals surface area contributed by atoms with E-state index in [1.807, 2.05) is 30.3 Å². The van der Waals surface area contributed by atoms with Crippen LogP contribution in [-0.4, -0.2) is 13.0 Å². The number of anilines is 1. The Hall–Kier alpha value is -1.85. The summed E-state index contributed by atoms with van der Waals surface area (Å²) < 4.78 is 31.7. The van der Waals surface area contributed by atoms with Crippen molar-refractivity contribution in [1.82, 2.24) is 0 Å². The monoisotopic (exact) mass is 263 g/mol. The number of hydrogen-bond donors (Lipinski definition) is 2. The van der Waals surface area contributed by atoms with Crippen LogP contribution in [0.25, 0.3) is 0 Å². The minimum atomic E-state index is -4.23. The van der Waals surface area contributed by atoms with Crippen molar-refractivity contribution in [2.24, 2.45) is 0 Å².